The minimum Gasteiger partial charge on any atom is -0.445 e. The molecule has 1 aromatic rings. The van der Waals surface area contributed by atoms with Crippen LogP contribution in [-0.4, -0.2) is 30.0 Å². The summed E-state index contributed by atoms with van der Waals surface area (Å²) < 4.78 is 4.99. The van der Waals surface area contributed by atoms with Gasteiger partial charge in [-0.1, -0.05) is 30.3 Å². The third-order valence-corrected chi connectivity index (χ3v) is 2.83. The number of rotatable bonds is 6. The Morgan fingerprint density at radius 3 is 2.23 bits per heavy atom. The first-order valence-electron chi connectivity index (χ1n) is 6.72. The number of amides is 3. The highest BCUT2D eigenvalue weighted by molar-refractivity contribution is 5.90. The van der Waals surface area contributed by atoms with Crippen molar-refractivity contribution in [2.45, 2.75) is 32.5 Å². The zero-order valence-corrected chi connectivity index (χ0v) is 12.5. The predicted molar refractivity (Wildman–Crippen MR) is 79.2 cm³/mol. The highest BCUT2D eigenvalue weighted by atomic mass is 16.5. The summed E-state index contributed by atoms with van der Waals surface area (Å²) in [6.45, 7) is 3.06. The minimum atomic E-state index is -0.851. The van der Waals surface area contributed by atoms with Crippen LogP contribution in [0.4, 0.5) is 4.79 Å². The van der Waals surface area contributed by atoms with E-state index in [1.54, 1.807) is 0 Å². The Morgan fingerprint density at radius 2 is 1.64 bits per heavy atom. The van der Waals surface area contributed by atoms with Crippen molar-refractivity contribution in [3.63, 3.8) is 0 Å². The fourth-order valence-corrected chi connectivity index (χ4v) is 1.54. The molecule has 2 atom stereocenters. The van der Waals surface area contributed by atoms with Gasteiger partial charge < -0.3 is 15.4 Å². The minimum absolute atomic E-state index is 0.104. The highest BCUT2D eigenvalue weighted by Gasteiger charge is 2.20. The van der Waals surface area contributed by atoms with Gasteiger partial charge in [0.15, 0.2) is 0 Å². The van der Waals surface area contributed by atoms with E-state index in [0.717, 1.165) is 5.56 Å². The molecule has 0 spiro atoms. The van der Waals surface area contributed by atoms with Gasteiger partial charge in [0.05, 0.1) is 0 Å². The lowest BCUT2D eigenvalue weighted by Gasteiger charge is -2.17. The molecule has 0 saturated heterocycles. The summed E-state index contributed by atoms with van der Waals surface area (Å²) in [6, 6.07) is 7.49. The van der Waals surface area contributed by atoms with Crippen LogP contribution in [0.1, 0.15) is 19.4 Å². The van der Waals surface area contributed by atoms with E-state index >= 15 is 0 Å². The summed E-state index contributed by atoms with van der Waals surface area (Å²) in [5.74, 6) is 3.90. The van der Waals surface area contributed by atoms with Gasteiger partial charge in [0, 0.05) is 0 Å². The van der Waals surface area contributed by atoms with Crippen LogP contribution in [0.25, 0.3) is 0 Å². The maximum absolute atomic E-state index is 11.8. The molecule has 0 bridgehead atoms. The topological polar surface area (TPSA) is 123 Å². The zero-order valence-electron chi connectivity index (χ0n) is 12.5. The van der Waals surface area contributed by atoms with Gasteiger partial charge in [0.1, 0.15) is 18.7 Å². The van der Waals surface area contributed by atoms with Gasteiger partial charge in [-0.05, 0) is 19.4 Å². The predicted octanol–water partition coefficient (Wildman–Crippen LogP) is -0.204. The Labute approximate surface area is 128 Å². The van der Waals surface area contributed by atoms with Crippen LogP contribution < -0.4 is 21.9 Å². The molecule has 0 aromatic heterocycles. The highest BCUT2D eigenvalue weighted by Crippen LogP contribution is 2.00. The number of carbonyl (C=O) groups is 3. The molecule has 0 aliphatic rings. The monoisotopic (exact) mass is 308 g/mol. The first-order chi connectivity index (χ1) is 10.4. The van der Waals surface area contributed by atoms with Crippen LogP contribution >= 0.6 is 0 Å². The van der Waals surface area contributed by atoms with Gasteiger partial charge in [-0.25, -0.2) is 10.6 Å². The third-order valence-electron chi connectivity index (χ3n) is 2.83. The van der Waals surface area contributed by atoms with E-state index in [1.807, 2.05) is 35.8 Å². The Kier molecular flexibility index (Phi) is 6.84. The smallest absolute Gasteiger partial charge is 0.408 e. The van der Waals surface area contributed by atoms with Crippen LogP contribution in [-0.2, 0) is 20.9 Å². The Balaban J connectivity index is 2.37. The molecule has 0 aliphatic heterocycles. The molecule has 2 unspecified atom stereocenters. The van der Waals surface area contributed by atoms with Crippen LogP contribution in [0.15, 0.2) is 30.3 Å². The average molecular weight is 308 g/mol. The molecule has 1 rings (SSSR count). The fraction of sp³-hybridized carbons (Fsp3) is 0.357. The maximum atomic E-state index is 11.8. The normalized spacial score (nSPS) is 12.7. The second-order valence-corrected chi connectivity index (χ2v) is 4.67. The van der Waals surface area contributed by atoms with E-state index in [9.17, 15) is 14.4 Å². The summed E-state index contributed by atoms with van der Waals surface area (Å²) in [5.41, 5.74) is 2.76. The lowest BCUT2D eigenvalue weighted by molar-refractivity contribution is -0.129. The van der Waals surface area contributed by atoms with E-state index in [2.05, 4.69) is 10.6 Å². The summed E-state index contributed by atoms with van der Waals surface area (Å²) in [6.07, 6.45) is -0.720. The molecule has 22 heavy (non-hydrogen) atoms. The van der Waals surface area contributed by atoms with E-state index in [1.165, 1.54) is 13.8 Å². The van der Waals surface area contributed by atoms with E-state index in [0.29, 0.717) is 0 Å². The van der Waals surface area contributed by atoms with Crippen LogP contribution in [0.5, 0.6) is 0 Å². The number of benzene rings is 1. The van der Waals surface area contributed by atoms with Crippen molar-refractivity contribution in [1.82, 2.24) is 16.1 Å². The summed E-state index contributed by atoms with van der Waals surface area (Å²) in [7, 11) is 0. The number of nitrogens with two attached hydrogens (primary N) is 1. The molecule has 0 aliphatic carbocycles. The van der Waals surface area contributed by atoms with Crippen molar-refractivity contribution in [2.24, 2.45) is 5.84 Å². The molecule has 1 aromatic carbocycles. The third kappa shape index (κ3) is 5.80. The molecule has 0 fully saturated rings. The first kappa shape index (κ1) is 17.4. The van der Waals surface area contributed by atoms with Crippen molar-refractivity contribution in [3.8, 4) is 0 Å². The number of carbonyl (C=O) groups excluding carboxylic acids is 3. The quantitative estimate of drug-likeness (QED) is 0.329. The van der Waals surface area contributed by atoms with Gasteiger partial charge in [-0.3, -0.25) is 15.0 Å². The Hall–Kier alpha value is -2.61. The van der Waals surface area contributed by atoms with E-state index in [-0.39, 0.29) is 6.61 Å². The second kappa shape index (κ2) is 8.63. The number of ether oxygens (including phenoxy) is 1. The second-order valence-electron chi connectivity index (χ2n) is 4.67. The number of alkyl carbamates (subject to hydrolysis) is 1. The molecule has 0 saturated carbocycles. The van der Waals surface area contributed by atoms with Gasteiger partial charge in [-0.15, -0.1) is 0 Å². The fourth-order valence-electron chi connectivity index (χ4n) is 1.54. The van der Waals surface area contributed by atoms with Gasteiger partial charge in [-0.2, -0.15) is 0 Å². The molecule has 5 N–H and O–H groups in total. The molecule has 3 amide bonds. The van der Waals surface area contributed by atoms with Crippen molar-refractivity contribution >= 4 is 17.9 Å². The summed E-state index contributed by atoms with van der Waals surface area (Å²) in [5, 5.41) is 4.78. The van der Waals surface area contributed by atoms with Crippen LogP contribution in [0.2, 0.25) is 0 Å². The Bertz CT molecular complexity index is 521. The van der Waals surface area contributed by atoms with Gasteiger partial charge >= 0.3 is 6.09 Å². The van der Waals surface area contributed by atoms with Crippen molar-refractivity contribution < 1.29 is 19.1 Å². The lowest BCUT2D eigenvalue weighted by Crippen LogP contribution is -2.52. The van der Waals surface area contributed by atoms with E-state index < -0.39 is 30.0 Å². The number of hydrogen-bond acceptors (Lipinski definition) is 5. The van der Waals surface area contributed by atoms with Crippen LogP contribution in [0, 0.1) is 0 Å². The number of hydrazine groups is 1. The molecule has 8 nitrogen and oxygen atoms in total. The van der Waals surface area contributed by atoms with Crippen LogP contribution in [0.3, 0.4) is 0 Å². The summed E-state index contributed by atoms with van der Waals surface area (Å²) >= 11 is 0. The van der Waals surface area contributed by atoms with Crippen molar-refractivity contribution in [2.75, 3.05) is 0 Å². The summed E-state index contributed by atoms with van der Waals surface area (Å²) in [4.78, 5) is 34.6. The van der Waals surface area contributed by atoms with E-state index in [4.69, 9.17) is 10.6 Å². The molecular formula is C14H20N4O4. The largest absolute Gasteiger partial charge is 0.445 e. The van der Waals surface area contributed by atoms with Crippen molar-refractivity contribution in [3.05, 3.63) is 35.9 Å². The number of hydrogen-bond donors (Lipinski definition) is 4. The standard InChI is InChI=1S/C14H20N4O4/c1-9(12(19)16-10(2)13(20)18-15)17-14(21)22-8-11-6-4-3-5-7-11/h3-7,9-10H,8,15H2,1-2H3,(H,16,19)(H,17,21)(H,18,20). The molecule has 120 valence electrons. The maximum Gasteiger partial charge on any atom is 0.408 e. The Morgan fingerprint density at radius 1 is 1.05 bits per heavy atom. The number of nitrogens with one attached hydrogen (secondary N) is 3. The SMILES string of the molecule is CC(NC(=O)OCc1ccccc1)C(=O)NC(C)C(=O)NN. The lowest BCUT2D eigenvalue weighted by atomic mass is 10.2. The first-order valence-corrected chi connectivity index (χ1v) is 6.72. The van der Waals surface area contributed by atoms with Crippen molar-refractivity contribution in [1.29, 1.82) is 0 Å². The molecular weight excluding hydrogens is 288 g/mol. The van der Waals surface area contributed by atoms with Gasteiger partial charge in [0.2, 0.25) is 5.91 Å². The molecule has 0 heterocycles. The average Bonchev–Trinajstić information content (AvgIpc) is 2.52. The molecule has 8 heteroatoms. The zero-order chi connectivity index (χ0) is 16.5. The van der Waals surface area contributed by atoms with Gasteiger partial charge in [0.25, 0.3) is 5.91 Å². The molecule has 0 radical (unpaired) electrons.